The van der Waals surface area contributed by atoms with Crippen LogP contribution in [0.3, 0.4) is 0 Å². The van der Waals surface area contributed by atoms with E-state index in [2.05, 4.69) is 15.4 Å². The Morgan fingerprint density at radius 1 is 0.943 bits per heavy atom. The third kappa shape index (κ3) is 4.33. The van der Waals surface area contributed by atoms with Crippen molar-refractivity contribution in [3.8, 4) is 5.75 Å². The van der Waals surface area contributed by atoms with Crippen molar-refractivity contribution in [1.82, 2.24) is 3.97 Å². The fraction of sp³-hybridized carbons (Fsp3) is 0.200. The molecule has 10 heteroatoms. The number of hydrogen-bond acceptors (Lipinski definition) is 8. The molecule has 0 bridgehead atoms. The molecule has 1 saturated heterocycles. The maximum Gasteiger partial charge on any atom is 0.268 e. The fourth-order valence-electron chi connectivity index (χ4n) is 4.19. The van der Waals surface area contributed by atoms with Gasteiger partial charge in [-0.2, -0.15) is 0 Å². The maximum absolute atomic E-state index is 13.4. The molecule has 4 aromatic rings. The Labute approximate surface area is 202 Å². The molecule has 3 aromatic carbocycles. The van der Waals surface area contributed by atoms with Crippen molar-refractivity contribution in [2.24, 2.45) is 5.18 Å². The van der Waals surface area contributed by atoms with Gasteiger partial charge in [-0.15, -0.1) is 4.91 Å². The van der Waals surface area contributed by atoms with Gasteiger partial charge in [-0.1, -0.05) is 0 Å². The zero-order valence-electron chi connectivity index (χ0n) is 19.0. The molecule has 0 amide bonds. The van der Waals surface area contributed by atoms with Crippen LogP contribution in [0.25, 0.3) is 10.9 Å². The molecule has 0 unspecified atom stereocenters. The fourth-order valence-corrected chi connectivity index (χ4v) is 5.55. The first-order chi connectivity index (χ1) is 17.0. The SMILES string of the molecule is COc1ccc(S(=O)(=O)n2ccc3c(Nc4ccc(N5CCOCC5)cc4)ccc(N=O)c32)cc1. The van der Waals surface area contributed by atoms with Crippen LogP contribution in [0.15, 0.2) is 83.0 Å². The first-order valence-electron chi connectivity index (χ1n) is 11.1. The van der Waals surface area contributed by atoms with Crippen LogP contribution in [0.4, 0.5) is 22.7 Å². The summed E-state index contributed by atoms with van der Waals surface area (Å²) < 4.78 is 38.4. The van der Waals surface area contributed by atoms with E-state index >= 15 is 0 Å². The van der Waals surface area contributed by atoms with Crippen LogP contribution in [0.1, 0.15) is 0 Å². The zero-order chi connectivity index (χ0) is 24.4. The van der Waals surface area contributed by atoms with Crippen LogP contribution < -0.4 is 15.0 Å². The number of methoxy groups -OCH3 is 1. The largest absolute Gasteiger partial charge is 0.497 e. The van der Waals surface area contributed by atoms with E-state index in [-0.39, 0.29) is 16.1 Å². The lowest BCUT2D eigenvalue weighted by molar-refractivity contribution is 0.122. The Kier molecular flexibility index (Phi) is 6.14. The third-order valence-corrected chi connectivity index (χ3v) is 7.72. The number of benzene rings is 3. The summed E-state index contributed by atoms with van der Waals surface area (Å²) in [7, 11) is -2.46. The summed E-state index contributed by atoms with van der Waals surface area (Å²) in [6.45, 7) is 3.13. The van der Waals surface area contributed by atoms with Crippen molar-refractivity contribution in [2.75, 3.05) is 43.6 Å². The number of anilines is 3. The number of rotatable bonds is 7. The van der Waals surface area contributed by atoms with Crippen molar-refractivity contribution in [3.05, 3.63) is 77.8 Å². The van der Waals surface area contributed by atoms with E-state index in [0.29, 0.717) is 30.0 Å². The minimum atomic E-state index is -3.97. The highest BCUT2D eigenvalue weighted by atomic mass is 32.2. The minimum Gasteiger partial charge on any atom is -0.497 e. The first kappa shape index (κ1) is 22.9. The van der Waals surface area contributed by atoms with Gasteiger partial charge in [-0.3, -0.25) is 0 Å². The van der Waals surface area contributed by atoms with Crippen molar-refractivity contribution in [3.63, 3.8) is 0 Å². The van der Waals surface area contributed by atoms with Crippen LogP contribution in [0.5, 0.6) is 5.75 Å². The summed E-state index contributed by atoms with van der Waals surface area (Å²) in [5, 5.41) is 6.98. The zero-order valence-corrected chi connectivity index (χ0v) is 19.9. The second-order valence-corrected chi connectivity index (χ2v) is 9.86. The van der Waals surface area contributed by atoms with Gasteiger partial charge >= 0.3 is 0 Å². The summed E-state index contributed by atoms with van der Waals surface area (Å²) in [4.78, 5) is 13.9. The predicted molar refractivity (Wildman–Crippen MR) is 136 cm³/mol. The smallest absolute Gasteiger partial charge is 0.268 e. The van der Waals surface area contributed by atoms with E-state index in [9.17, 15) is 13.3 Å². The summed E-state index contributed by atoms with van der Waals surface area (Å²) in [6.07, 6.45) is 1.44. The van der Waals surface area contributed by atoms with Crippen LogP contribution in [0, 0.1) is 4.91 Å². The molecule has 0 aliphatic carbocycles. The molecule has 180 valence electrons. The molecule has 0 spiro atoms. The topological polar surface area (TPSA) is 102 Å². The summed E-state index contributed by atoms with van der Waals surface area (Å²) in [5.74, 6) is 0.544. The van der Waals surface area contributed by atoms with E-state index < -0.39 is 10.0 Å². The van der Waals surface area contributed by atoms with Gasteiger partial charge in [0.2, 0.25) is 0 Å². The Morgan fingerprint density at radius 3 is 2.31 bits per heavy atom. The summed E-state index contributed by atoms with van der Waals surface area (Å²) >= 11 is 0. The Morgan fingerprint density at radius 2 is 1.66 bits per heavy atom. The standard InChI is InChI=1S/C25H24N4O5S/c1-33-20-6-8-21(9-7-20)35(31,32)29-13-12-22-23(10-11-24(27-30)25(22)29)26-18-2-4-19(5-3-18)28-14-16-34-17-15-28/h2-13,26H,14-17H2,1H3. The summed E-state index contributed by atoms with van der Waals surface area (Å²) in [5.41, 5.74) is 2.86. The average Bonchev–Trinajstić information content (AvgIpc) is 3.37. The molecule has 1 aliphatic rings. The third-order valence-electron chi connectivity index (χ3n) is 6.03. The van der Waals surface area contributed by atoms with Crippen LogP contribution >= 0.6 is 0 Å². The Balaban J connectivity index is 1.49. The second kappa shape index (κ2) is 9.40. The molecule has 9 nitrogen and oxygen atoms in total. The monoisotopic (exact) mass is 492 g/mol. The van der Waals surface area contributed by atoms with Gasteiger partial charge in [0.1, 0.15) is 11.4 Å². The number of nitroso groups, excluding NO2 is 1. The molecule has 35 heavy (non-hydrogen) atoms. The normalized spacial score (nSPS) is 14.1. The van der Waals surface area contributed by atoms with E-state index in [1.807, 2.05) is 24.3 Å². The molecule has 0 atom stereocenters. The summed E-state index contributed by atoms with van der Waals surface area (Å²) in [6, 6.07) is 19.0. The van der Waals surface area contributed by atoms with E-state index in [1.165, 1.54) is 31.5 Å². The van der Waals surface area contributed by atoms with Crippen LogP contribution in [0.2, 0.25) is 0 Å². The van der Waals surface area contributed by atoms with Gasteiger partial charge in [-0.25, -0.2) is 12.4 Å². The molecule has 1 aliphatic heterocycles. The lowest BCUT2D eigenvalue weighted by Gasteiger charge is -2.29. The van der Waals surface area contributed by atoms with E-state index in [0.717, 1.165) is 28.4 Å². The van der Waals surface area contributed by atoms with Crippen molar-refractivity contribution in [2.45, 2.75) is 4.90 Å². The van der Waals surface area contributed by atoms with Gasteiger partial charge in [0.25, 0.3) is 10.0 Å². The highest BCUT2D eigenvalue weighted by Gasteiger charge is 2.22. The lowest BCUT2D eigenvalue weighted by atomic mass is 10.1. The molecule has 0 radical (unpaired) electrons. The lowest BCUT2D eigenvalue weighted by Crippen LogP contribution is -2.36. The molecular weight excluding hydrogens is 468 g/mol. The van der Waals surface area contributed by atoms with Gasteiger partial charge in [0.15, 0.2) is 0 Å². The number of fused-ring (bicyclic) bond motifs is 1. The van der Waals surface area contributed by atoms with Crippen molar-refractivity contribution >= 4 is 43.7 Å². The second-order valence-electron chi connectivity index (χ2n) is 8.05. The highest BCUT2D eigenvalue weighted by Crippen LogP contribution is 2.36. The van der Waals surface area contributed by atoms with Crippen molar-refractivity contribution < 1.29 is 17.9 Å². The quantitative estimate of drug-likeness (QED) is 0.367. The van der Waals surface area contributed by atoms with Gasteiger partial charge in [0.05, 0.1) is 30.7 Å². The van der Waals surface area contributed by atoms with E-state index in [1.54, 1.807) is 24.3 Å². The molecular formula is C25H24N4O5S. The maximum atomic E-state index is 13.4. The number of nitrogens with zero attached hydrogens (tertiary/aromatic N) is 3. The Hall–Kier alpha value is -3.89. The Bertz CT molecular complexity index is 1460. The van der Waals surface area contributed by atoms with Gasteiger partial charge < -0.3 is 19.7 Å². The molecule has 2 heterocycles. The number of morpholine rings is 1. The number of hydrogen-bond donors (Lipinski definition) is 1. The van der Waals surface area contributed by atoms with Crippen LogP contribution in [-0.2, 0) is 14.8 Å². The molecule has 1 N–H and O–H groups in total. The van der Waals surface area contributed by atoms with Crippen LogP contribution in [-0.4, -0.2) is 45.8 Å². The number of ether oxygens (including phenoxy) is 2. The van der Waals surface area contributed by atoms with Gasteiger partial charge in [-0.05, 0) is 71.9 Å². The molecule has 5 rings (SSSR count). The van der Waals surface area contributed by atoms with E-state index in [4.69, 9.17) is 9.47 Å². The van der Waals surface area contributed by atoms with Gasteiger partial charge in [0, 0.05) is 41.7 Å². The predicted octanol–water partition coefficient (Wildman–Crippen LogP) is 4.87. The highest BCUT2D eigenvalue weighted by molar-refractivity contribution is 7.90. The average molecular weight is 493 g/mol. The molecule has 0 saturated carbocycles. The molecule has 1 aromatic heterocycles. The first-order valence-corrected chi connectivity index (χ1v) is 12.5. The van der Waals surface area contributed by atoms with Crippen molar-refractivity contribution in [1.29, 1.82) is 0 Å². The molecule has 1 fully saturated rings. The number of nitrogens with one attached hydrogen (secondary N) is 1. The minimum absolute atomic E-state index is 0.0373. The number of aromatic nitrogens is 1.